The van der Waals surface area contributed by atoms with E-state index in [1.54, 1.807) is 13.2 Å². The number of amides is 1. The first kappa shape index (κ1) is 15.8. The fourth-order valence-corrected chi connectivity index (χ4v) is 3.51. The Bertz CT molecular complexity index is 876. The maximum absolute atomic E-state index is 12.2. The summed E-state index contributed by atoms with van der Waals surface area (Å²) in [5.74, 6) is 0.719. The van der Waals surface area contributed by atoms with E-state index in [1.807, 2.05) is 37.3 Å². The SMILES string of the molecule is COc1ccc(CC(=O)Nc2nc3ccc(Cl)cc3s2)cc1C. The maximum atomic E-state index is 12.2. The van der Waals surface area contributed by atoms with E-state index in [0.29, 0.717) is 16.6 Å². The molecule has 0 saturated carbocycles. The van der Waals surface area contributed by atoms with Gasteiger partial charge in [0, 0.05) is 5.02 Å². The number of rotatable bonds is 4. The third kappa shape index (κ3) is 3.63. The average molecular weight is 347 g/mol. The molecule has 0 aliphatic carbocycles. The first-order chi connectivity index (χ1) is 11.0. The van der Waals surface area contributed by atoms with Crippen LogP contribution in [0.4, 0.5) is 5.13 Å². The van der Waals surface area contributed by atoms with E-state index in [2.05, 4.69) is 10.3 Å². The monoisotopic (exact) mass is 346 g/mol. The summed E-state index contributed by atoms with van der Waals surface area (Å²) >= 11 is 7.37. The van der Waals surface area contributed by atoms with Crippen molar-refractivity contribution in [3.8, 4) is 5.75 Å². The van der Waals surface area contributed by atoms with Gasteiger partial charge < -0.3 is 10.1 Å². The summed E-state index contributed by atoms with van der Waals surface area (Å²) < 4.78 is 6.18. The Morgan fingerprint density at radius 2 is 2.13 bits per heavy atom. The van der Waals surface area contributed by atoms with Crippen LogP contribution in [0.25, 0.3) is 10.2 Å². The molecule has 0 atom stereocenters. The largest absolute Gasteiger partial charge is 0.496 e. The van der Waals surface area contributed by atoms with Gasteiger partial charge in [-0.1, -0.05) is 35.1 Å². The predicted molar refractivity (Wildman–Crippen MR) is 94.7 cm³/mol. The van der Waals surface area contributed by atoms with E-state index >= 15 is 0 Å². The number of nitrogens with one attached hydrogen (secondary N) is 1. The van der Waals surface area contributed by atoms with Crippen molar-refractivity contribution >= 4 is 44.2 Å². The van der Waals surface area contributed by atoms with Gasteiger partial charge in [0.1, 0.15) is 5.75 Å². The number of aromatic nitrogens is 1. The number of methoxy groups -OCH3 is 1. The highest BCUT2D eigenvalue weighted by atomic mass is 35.5. The first-order valence-corrected chi connectivity index (χ1v) is 8.24. The number of nitrogens with zero attached hydrogens (tertiary/aromatic N) is 1. The molecule has 3 rings (SSSR count). The lowest BCUT2D eigenvalue weighted by Crippen LogP contribution is -2.14. The van der Waals surface area contributed by atoms with Crippen LogP contribution in [-0.4, -0.2) is 18.0 Å². The van der Waals surface area contributed by atoms with Crippen LogP contribution in [0, 0.1) is 6.92 Å². The molecule has 0 aliphatic heterocycles. The molecule has 0 aliphatic rings. The molecule has 118 valence electrons. The number of carbonyl (C=O) groups is 1. The van der Waals surface area contributed by atoms with Crippen LogP contribution in [0.2, 0.25) is 5.02 Å². The maximum Gasteiger partial charge on any atom is 0.230 e. The molecule has 0 fully saturated rings. The Hall–Kier alpha value is -2.11. The molecule has 1 N–H and O–H groups in total. The van der Waals surface area contributed by atoms with E-state index in [9.17, 15) is 4.79 Å². The van der Waals surface area contributed by atoms with E-state index in [0.717, 1.165) is 27.1 Å². The number of benzene rings is 2. The molecule has 6 heteroatoms. The van der Waals surface area contributed by atoms with Gasteiger partial charge in [-0.25, -0.2) is 4.98 Å². The second-order valence-electron chi connectivity index (χ2n) is 5.16. The van der Waals surface area contributed by atoms with Crippen molar-refractivity contribution in [1.82, 2.24) is 4.98 Å². The van der Waals surface area contributed by atoms with Crippen molar-refractivity contribution < 1.29 is 9.53 Å². The summed E-state index contributed by atoms with van der Waals surface area (Å²) in [5.41, 5.74) is 2.77. The van der Waals surface area contributed by atoms with Gasteiger partial charge in [0.15, 0.2) is 5.13 Å². The summed E-state index contributed by atoms with van der Waals surface area (Å²) in [6.45, 7) is 1.96. The topological polar surface area (TPSA) is 51.2 Å². The van der Waals surface area contributed by atoms with Crippen LogP contribution in [-0.2, 0) is 11.2 Å². The third-order valence-electron chi connectivity index (χ3n) is 3.42. The van der Waals surface area contributed by atoms with Gasteiger partial charge in [-0.15, -0.1) is 0 Å². The number of carbonyl (C=O) groups excluding carboxylic acids is 1. The highest BCUT2D eigenvalue weighted by Gasteiger charge is 2.10. The van der Waals surface area contributed by atoms with Gasteiger partial charge in [0.25, 0.3) is 0 Å². The quantitative estimate of drug-likeness (QED) is 0.759. The number of aryl methyl sites for hydroxylation is 1. The highest BCUT2D eigenvalue weighted by Crippen LogP contribution is 2.28. The molecule has 0 spiro atoms. The molecule has 3 aromatic rings. The smallest absolute Gasteiger partial charge is 0.230 e. The standard InChI is InChI=1S/C17H15ClN2O2S/c1-10-7-11(3-6-14(10)22-2)8-16(21)20-17-19-13-5-4-12(18)9-15(13)23-17/h3-7,9H,8H2,1-2H3,(H,19,20,21). The number of thiazole rings is 1. The Balaban J connectivity index is 1.71. The van der Waals surface area contributed by atoms with Crippen molar-refractivity contribution in [2.75, 3.05) is 12.4 Å². The van der Waals surface area contributed by atoms with Crippen molar-refractivity contribution in [2.45, 2.75) is 13.3 Å². The molecule has 4 nitrogen and oxygen atoms in total. The second-order valence-corrected chi connectivity index (χ2v) is 6.63. The number of hydrogen-bond acceptors (Lipinski definition) is 4. The van der Waals surface area contributed by atoms with E-state index < -0.39 is 0 Å². The number of halogens is 1. The average Bonchev–Trinajstić information content (AvgIpc) is 2.88. The van der Waals surface area contributed by atoms with Gasteiger partial charge in [0.05, 0.1) is 23.7 Å². The van der Waals surface area contributed by atoms with E-state index in [-0.39, 0.29) is 5.91 Å². The third-order valence-corrected chi connectivity index (χ3v) is 4.59. The molecular weight excluding hydrogens is 332 g/mol. The summed E-state index contributed by atoms with van der Waals surface area (Å²) in [4.78, 5) is 16.6. The summed E-state index contributed by atoms with van der Waals surface area (Å²) in [7, 11) is 1.63. The van der Waals surface area contributed by atoms with Crippen molar-refractivity contribution in [1.29, 1.82) is 0 Å². The molecule has 2 aromatic carbocycles. The van der Waals surface area contributed by atoms with Crippen LogP contribution < -0.4 is 10.1 Å². The highest BCUT2D eigenvalue weighted by molar-refractivity contribution is 7.22. The molecule has 23 heavy (non-hydrogen) atoms. The minimum absolute atomic E-state index is 0.0975. The van der Waals surface area contributed by atoms with Crippen molar-refractivity contribution in [3.63, 3.8) is 0 Å². The number of anilines is 1. The lowest BCUT2D eigenvalue weighted by molar-refractivity contribution is -0.115. The van der Waals surface area contributed by atoms with Crippen molar-refractivity contribution in [2.24, 2.45) is 0 Å². The summed E-state index contributed by atoms with van der Waals surface area (Å²) in [5, 5.41) is 4.08. The molecule has 0 unspecified atom stereocenters. The normalized spacial score (nSPS) is 10.7. The minimum atomic E-state index is -0.0975. The molecule has 0 radical (unpaired) electrons. The van der Waals surface area contributed by atoms with Crippen LogP contribution in [0.5, 0.6) is 5.75 Å². The van der Waals surface area contributed by atoms with Crippen LogP contribution in [0.1, 0.15) is 11.1 Å². The zero-order valence-corrected chi connectivity index (χ0v) is 14.3. The summed E-state index contributed by atoms with van der Waals surface area (Å²) in [6, 6.07) is 11.2. The predicted octanol–water partition coefficient (Wildman–Crippen LogP) is 4.45. The van der Waals surface area contributed by atoms with Gasteiger partial charge in [-0.05, 0) is 42.3 Å². The number of hydrogen-bond donors (Lipinski definition) is 1. The fraction of sp³-hybridized carbons (Fsp3) is 0.176. The first-order valence-electron chi connectivity index (χ1n) is 7.04. The van der Waals surface area contributed by atoms with Gasteiger partial charge in [0.2, 0.25) is 5.91 Å². The zero-order valence-electron chi connectivity index (χ0n) is 12.7. The second kappa shape index (κ2) is 6.56. The van der Waals surface area contributed by atoms with Gasteiger partial charge >= 0.3 is 0 Å². The van der Waals surface area contributed by atoms with Crippen LogP contribution in [0.3, 0.4) is 0 Å². The van der Waals surface area contributed by atoms with Crippen LogP contribution >= 0.6 is 22.9 Å². The molecule has 0 saturated heterocycles. The van der Waals surface area contributed by atoms with Crippen molar-refractivity contribution in [3.05, 3.63) is 52.5 Å². The van der Waals surface area contributed by atoms with E-state index in [4.69, 9.17) is 16.3 Å². The molecule has 1 heterocycles. The Kier molecular flexibility index (Phi) is 4.50. The molecule has 1 amide bonds. The van der Waals surface area contributed by atoms with E-state index in [1.165, 1.54) is 11.3 Å². The number of fused-ring (bicyclic) bond motifs is 1. The lowest BCUT2D eigenvalue weighted by Gasteiger charge is -2.07. The molecule has 0 bridgehead atoms. The zero-order chi connectivity index (χ0) is 16.4. The minimum Gasteiger partial charge on any atom is -0.496 e. The lowest BCUT2D eigenvalue weighted by atomic mass is 10.1. The fourth-order valence-electron chi connectivity index (χ4n) is 2.35. The van der Waals surface area contributed by atoms with Gasteiger partial charge in [-0.2, -0.15) is 0 Å². The Morgan fingerprint density at radius 1 is 1.30 bits per heavy atom. The van der Waals surface area contributed by atoms with Crippen LogP contribution in [0.15, 0.2) is 36.4 Å². The Labute approximate surface area is 143 Å². The Morgan fingerprint density at radius 3 is 2.87 bits per heavy atom. The van der Waals surface area contributed by atoms with Gasteiger partial charge in [-0.3, -0.25) is 4.79 Å². The summed E-state index contributed by atoms with van der Waals surface area (Å²) in [6.07, 6.45) is 0.293. The molecular formula is C17H15ClN2O2S. The number of ether oxygens (including phenoxy) is 1. The molecule has 1 aromatic heterocycles.